The summed E-state index contributed by atoms with van der Waals surface area (Å²) >= 11 is 0. The topological polar surface area (TPSA) is 218 Å². The number of fused-ring (bicyclic) bond motifs is 2. The molecule has 1 fully saturated rings. The predicted octanol–water partition coefficient (Wildman–Crippen LogP) is 2.46. The van der Waals surface area contributed by atoms with Gasteiger partial charge in [0.15, 0.2) is 6.61 Å². The number of dihydropyridines is 1. The molecule has 290 valence electrons. The molecule has 0 radical (unpaired) electrons. The number of hydrogen-bond acceptors (Lipinski definition) is 10. The lowest BCUT2D eigenvalue weighted by Crippen LogP contribution is -2.54. The van der Waals surface area contributed by atoms with E-state index in [0.717, 1.165) is 27.3 Å². The van der Waals surface area contributed by atoms with Gasteiger partial charge in [-0.2, -0.15) is 0 Å². The number of imide groups is 2. The van der Waals surface area contributed by atoms with Crippen molar-refractivity contribution in [2.24, 2.45) is 10.7 Å². The van der Waals surface area contributed by atoms with E-state index in [9.17, 15) is 33.6 Å². The number of benzene rings is 2. The third kappa shape index (κ3) is 8.27. The molecule has 1 saturated heterocycles. The van der Waals surface area contributed by atoms with Gasteiger partial charge in [0.25, 0.3) is 29.5 Å². The number of amides is 7. The quantitative estimate of drug-likeness (QED) is 0.149. The largest absolute Gasteiger partial charge is 0.483 e. The van der Waals surface area contributed by atoms with Crippen molar-refractivity contribution in [2.45, 2.75) is 44.2 Å². The maximum atomic E-state index is 13.2. The monoisotopic (exact) mass is 769 g/mol. The van der Waals surface area contributed by atoms with Crippen LogP contribution in [0.15, 0.2) is 124 Å². The maximum absolute atomic E-state index is 13.2. The minimum Gasteiger partial charge on any atom is -0.483 e. The van der Waals surface area contributed by atoms with Crippen molar-refractivity contribution in [3.05, 3.63) is 130 Å². The first-order valence-corrected chi connectivity index (χ1v) is 18.5. The molecule has 57 heavy (non-hydrogen) atoms. The number of allylic oxidation sites excluding steroid dienone is 6. The highest BCUT2D eigenvalue weighted by atomic mass is 16.5. The van der Waals surface area contributed by atoms with Crippen LogP contribution in [0.3, 0.4) is 0 Å². The summed E-state index contributed by atoms with van der Waals surface area (Å²) < 4.78 is 5.62. The van der Waals surface area contributed by atoms with Crippen LogP contribution in [0.4, 0.5) is 5.69 Å². The van der Waals surface area contributed by atoms with Gasteiger partial charge in [-0.25, -0.2) is 0 Å². The van der Waals surface area contributed by atoms with Crippen LogP contribution in [0, 0.1) is 0 Å². The number of ether oxygens (including phenoxy) is 1. The molecule has 6 N–H and O–H groups in total. The molecular weight excluding hydrogens is 731 g/mol. The lowest BCUT2D eigenvalue weighted by molar-refractivity contribution is -0.136. The number of hydrogen-bond donors (Lipinski definition) is 5. The lowest BCUT2D eigenvalue weighted by Gasteiger charge is -2.27. The number of anilines is 1. The molecule has 0 saturated carbocycles. The normalized spacial score (nSPS) is 21.0. The Morgan fingerprint density at radius 3 is 2.46 bits per heavy atom. The zero-order chi connectivity index (χ0) is 40.1. The molecular formula is C42H39N7O8. The van der Waals surface area contributed by atoms with Gasteiger partial charge in [-0.05, 0) is 73.2 Å². The first kappa shape index (κ1) is 38.1. The van der Waals surface area contributed by atoms with E-state index in [1.165, 1.54) is 24.4 Å². The molecule has 7 rings (SSSR count). The highest BCUT2D eigenvalue weighted by Gasteiger charge is 2.46. The second-order valence-electron chi connectivity index (χ2n) is 13.7. The number of primary amides is 1. The van der Waals surface area contributed by atoms with Crippen LogP contribution in [0.5, 0.6) is 5.75 Å². The molecule has 0 spiro atoms. The van der Waals surface area contributed by atoms with Crippen LogP contribution in [-0.4, -0.2) is 84.2 Å². The molecule has 0 aromatic heterocycles. The number of para-hydroxylation sites is 1. The molecule has 15 heteroatoms. The first-order chi connectivity index (χ1) is 27.6. The Labute approximate surface area is 327 Å². The van der Waals surface area contributed by atoms with Gasteiger partial charge in [0.1, 0.15) is 11.8 Å². The van der Waals surface area contributed by atoms with E-state index in [1.807, 2.05) is 60.7 Å². The summed E-state index contributed by atoms with van der Waals surface area (Å²) in [7, 11) is 0. The molecule has 2 atom stereocenters. The number of nitrogens with one attached hydrogen (secondary N) is 4. The second-order valence-corrected chi connectivity index (χ2v) is 13.7. The molecule has 5 aliphatic rings. The van der Waals surface area contributed by atoms with E-state index in [2.05, 4.69) is 26.3 Å². The van der Waals surface area contributed by atoms with Crippen molar-refractivity contribution in [3.8, 4) is 5.75 Å². The number of nitrogens with zero attached hydrogens (tertiary/aromatic N) is 2. The number of rotatable bonds is 13. The van der Waals surface area contributed by atoms with Crippen molar-refractivity contribution < 1.29 is 38.3 Å². The van der Waals surface area contributed by atoms with Crippen molar-refractivity contribution in [1.82, 2.24) is 20.9 Å². The number of unbranched alkanes of at least 4 members (excludes halogenated alkanes) is 1. The van der Waals surface area contributed by atoms with Gasteiger partial charge < -0.3 is 26.4 Å². The summed E-state index contributed by atoms with van der Waals surface area (Å²) in [6.07, 6.45) is 14.7. The first-order valence-electron chi connectivity index (χ1n) is 18.5. The summed E-state index contributed by atoms with van der Waals surface area (Å²) in [5.41, 5.74) is 10.7. The Kier molecular flexibility index (Phi) is 11.2. The molecule has 2 aromatic rings. The molecule has 2 aromatic carbocycles. The molecule has 2 unspecified atom stereocenters. The minimum absolute atomic E-state index is 0.000874. The predicted molar refractivity (Wildman–Crippen MR) is 209 cm³/mol. The molecule has 3 aliphatic heterocycles. The van der Waals surface area contributed by atoms with Crippen LogP contribution in [0.2, 0.25) is 0 Å². The van der Waals surface area contributed by atoms with Gasteiger partial charge in [-0.1, -0.05) is 48.6 Å². The summed E-state index contributed by atoms with van der Waals surface area (Å²) in [6.45, 7) is 0.297. The van der Waals surface area contributed by atoms with Crippen LogP contribution in [0.1, 0.15) is 52.8 Å². The second kappa shape index (κ2) is 16.7. The lowest BCUT2D eigenvalue weighted by atomic mass is 9.87. The highest BCUT2D eigenvalue weighted by molar-refractivity contribution is 6.24. The SMILES string of the molecule is NC(=O)C1=C(Nc2ccccc2)C2=CC(=C3C=CC(C(=O)NCCCCNC(=O)COc4cccc5c4C(=O)N(C4CCC(=O)NC4=O)C5=O)=CC3)C=CC2N=C1. The fourth-order valence-corrected chi connectivity index (χ4v) is 7.03. The molecule has 15 nitrogen and oxygen atoms in total. The van der Waals surface area contributed by atoms with Crippen LogP contribution < -0.4 is 31.7 Å². The summed E-state index contributed by atoms with van der Waals surface area (Å²) in [5, 5.41) is 11.1. The molecule has 7 amide bonds. The summed E-state index contributed by atoms with van der Waals surface area (Å²) in [4.78, 5) is 93.2. The van der Waals surface area contributed by atoms with Gasteiger partial charge in [0.05, 0.1) is 28.4 Å². The van der Waals surface area contributed by atoms with E-state index in [0.29, 0.717) is 49.2 Å². The van der Waals surface area contributed by atoms with Gasteiger partial charge in [-0.15, -0.1) is 0 Å². The van der Waals surface area contributed by atoms with Crippen LogP contribution in [0.25, 0.3) is 0 Å². The van der Waals surface area contributed by atoms with Gasteiger partial charge in [-0.3, -0.25) is 48.8 Å². The Balaban J connectivity index is 0.853. The van der Waals surface area contributed by atoms with Gasteiger partial charge in [0, 0.05) is 42.6 Å². The Hall–Kier alpha value is -7.16. The number of nitrogens with two attached hydrogens (primary N) is 1. The number of aliphatic imine (C=N–C) groups is 1. The van der Waals surface area contributed by atoms with Crippen LogP contribution >= 0.6 is 0 Å². The maximum Gasteiger partial charge on any atom is 0.266 e. The van der Waals surface area contributed by atoms with Crippen LogP contribution in [-0.2, 0) is 24.0 Å². The van der Waals surface area contributed by atoms with E-state index in [4.69, 9.17) is 10.5 Å². The van der Waals surface area contributed by atoms with Crippen molar-refractivity contribution >= 4 is 53.3 Å². The third-order valence-electron chi connectivity index (χ3n) is 9.96. The fraction of sp³-hybridized carbons (Fsp3) is 0.238. The minimum atomic E-state index is -1.11. The number of piperidine rings is 1. The standard InChI is InChI=1S/C42H39N7O8/c43-38(52)30-22-46-31-16-15-26(21-29(31)37(30)47-27-7-2-1-3-8-27)24-11-13-25(14-12-24)39(53)45-20-5-4-19-44-35(51)23-57-33-10-6-9-28-36(33)42(56)49(41(28)55)32-17-18-34(50)48-40(32)54/h1-3,6-11,13-16,21-22,31-32,47H,4-5,12,17-20,23H2,(H2,43,52)(H,44,51)(H,45,53)(H,48,50,54). The number of carbonyl (C=O) groups excluding carboxylic acids is 7. The highest BCUT2D eigenvalue weighted by Crippen LogP contribution is 2.35. The van der Waals surface area contributed by atoms with E-state index < -0.39 is 48.1 Å². The molecule has 2 aliphatic carbocycles. The Morgan fingerprint density at radius 1 is 0.930 bits per heavy atom. The fourth-order valence-electron chi connectivity index (χ4n) is 7.03. The summed E-state index contributed by atoms with van der Waals surface area (Å²) in [5.74, 6) is -3.78. The van der Waals surface area contributed by atoms with E-state index in [-0.39, 0.29) is 41.7 Å². The van der Waals surface area contributed by atoms with Gasteiger partial charge >= 0.3 is 0 Å². The Bertz CT molecular complexity index is 2300. The molecule has 3 heterocycles. The number of carbonyl (C=O) groups is 7. The average Bonchev–Trinajstić information content (AvgIpc) is 3.47. The van der Waals surface area contributed by atoms with E-state index in [1.54, 1.807) is 6.08 Å². The zero-order valence-corrected chi connectivity index (χ0v) is 30.7. The van der Waals surface area contributed by atoms with Crippen molar-refractivity contribution in [1.29, 1.82) is 0 Å². The zero-order valence-electron chi connectivity index (χ0n) is 30.7. The molecule has 0 bridgehead atoms. The van der Waals surface area contributed by atoms with Crippen molar-refractivity contribution in [2.75, 3.05) is 25.0 Å². The third-order valence-corrected chi connectivity index (χ3v) is 9.96. The van der Waals surface area contributed by atoms with Crippen molar-refractivity contribution in [3.63, 3.8) is 0 Å². The average molecular weight is 770 g/mol. The van der Waals surface area contributed by atoms with E-state index >= 15 is 0 Å². The van der Waals surface area contributed by atoms with Gasteiger partial charge in [0.2, 0.25) is 11.8 Å². The summed E-state index contributed by atoms with van der Waals surface area (Å²) in [6, 6.07) is 12.5. The smallest absolute Gasteiger partial charge is 0.266 e. The Morgan fingerprint density at radius 2 is 1.72 bits per heavy atom.